The van der Waals surface area contributed by atoms with Crippen LogP contribution >= 0.6 is 0 Å². The van der Waals surface area contributed by atoms with Crippen molar-refractivity contribution in [2.24, 2.45) is 0 Å². The fraction of sp³-hybridized carbons (Fsp3) is 0.474. The van der Waals surface area contributed by atoms with Crippen LogP contribution < -0.4 is 10.2 Å². The lowest BCUT2D eigenvalue weighted by Crippen LogP contribution is -2.44. The van der Waals surface area contributed by atoms with Crippen LogP contribution in [0.1, 0.15) is 12.0 Å². The number of rotatable bonds is 7. The van der Waals surface area contributed by atoms with Gasteiger partial charge in [0.25, 0.3) is 5.91 Å². The lowest BCUT2D eigenvalue weighted by atomic mass is 10.2. The molecule has 1 aliphatic heterocycles. The Labute approximate surface area is 149 Å². The van der Waals surface area contributed by atoms with Gasteiger partial charge in [-0.2, -0.15) is 5.26 Å². The molecule has 0 radical (unpaired) electrons. The van der Waals surface area contributed by atoms with E-state index < -0.39 is 0 Å². The number of nitrogens with one attached hydrogen (secondary N) is 1. The highest BCUT2D eigenvalue weighted by Gasteiger charge is 2.17. The fourth-order valence-electron chi connectivity index (χ4n) is 2.77. The SMILES string of the molecule is COCCCNC(=O)/C(C#N)=C\N1CCN(c2cccc(C)c2)CC1. The predicted octanol–water partition coefficient (Wildman–Crippen LogP) is 1.68. The van der Waals surface area contributed by atoms with Crippen molar-refractivity contribution in [1.29, 1.82) is 5.26 Å². The van der Waals surface area contributed by atoms with Crippen LogP contribution in [-0.2, 0) is 9.53 Å². The molecule has 0 saturated carbocycles. The van der Waals surface area contributed by atoms with Crippen LogP contribution in [-0.4, -0.2) is 57.2 Å². The molecule has 1 fully saturated rings. The maximum Gasteiger partial charge on any atom is 0.263 e. The van der Waals surface area contributed by atoms with Crippen molar-refractivity contribution in [3.05, 3.63) is 41.6 Å². The molecule has 1 amide bonds. The van der Waals surface area contributed by atoms with Crippen LogP contribution in [0.2, 0.25) is 0 Å². The number of methoxy groups -OCH3 is 1. The largest absolute Gasteiger partial charge is 0.385 e. The highest BCUT2D eigenvalue weighted by Crippen LogP contribution is 2.18. The molecule has 0 atom stereocenters. The van der Waals surface area contributed by atoms with E-state index in [2.05, 4.69) is 41.4 Å². The Morgan fingerprint density at radius 2 is 2.12 bits per heavy atom. The van der Waals surface area contributed by atoms with Gasteiger partial charge < -0.3 is 19.9 Å². The van der Waals surface area contributed by atoms with Gasteiger partial charge in [0.05, 0.1) is 0 Å². The Balaban J connectivity index is 1.87. The maximum absolute atomic E-state index is 12.1. The molecule has 2 rings (SSSR count). The number of carbonyl (C=O) groups excluding carboxylic acids is 1. The minimum absolute atomic E-state index is 0.154. The zero-order chi connectivity index (χ0) is 18.1. The van der Waals surface area contributed by atoms with Gasteiger partial charge in [-0.15, -0.1) is 0 Å². The highest BCUT2D eigenvalue weighted by molar-refractivity contribution is 5.97. The Morgan fingerprint density at radius 1 is 1.36 bits per heavy atom. The van der Waals surface area contributed by atoms with Crippen molar-refractivity contribution in [2.45, 2.75) is 13.3 Å². The molecular weight excluding hydrogens is 316 g/mol. The number of amides is 1. The first-order valence-electron chi connectivity index (χ1n) is 8.58. The van der Waals surface area contributed by atoms with E-state index in [1.165, 1.54) is 11.3 Å². The first-order valence-corrected chi connectivity index (χ1v) is 8.58. The van der Waals surface area contributed by atoms with E-state index in [9.17, 15) is 10.1 Å². The maximum atomic E-state index is 12.1. The van der Waals surface area contributed by atoms with Crippen molar-refractivity contribution in [3.8, 4) is 6.07 Å². The monoisotopic (exact) mass is 342 g/mol. The Bertz CT molecular complexity index is 643. The zero-order valence-corrected chi connectivity index (χ0v) is 15.0. The first kappa shape index (κ1) is 18.8. The number of hydrogen-bond donors (Lipinski definition) is 1. The number of ether oxygens (including phenoxy) is 1. The van der Waals surface area contributed by atoms with Crippen molar-refractivity contribution >= 4 is 11.6 Å². The summed E-state index contributed by atoms with van der Waals surface area (Å²) in [6.07, 6.45) is 2.41. The van der Waals surface area contributed by atoms with E-state index >= 15 is 0 Å². The van der Waals surface area contributed by atoms with Gasteiger partial charge in [0, 0.05) is 58.3 Å². The van der Waals surface area contributed by atoms with Crippen molar-refractivity contribution in [2.75, 3.05) is 51.3 Å². The lowest BCUT2D eigenvalue weighted by Gasteiger charge is -2.35. The van der Waals surface area contributed by atoms with Crippen molar-refractivity contribution in [3.63, 3.8) is 0 Å². The summed E-state index contributed by atoms with van der Waals surface area (Å²) in [5, 5.41) is 12.0. The van der Waals surface area contributed by atoms with Crippen LogP contribution in [0.5, 0.6) is 0 Å². The predicted molar refractivity (Wildman–Crippen MR) is 98.2 cm³/mol. The van der Waals surface area contributed by atoms with Gasteiger partial charge >= 0.3 is 0 Å². The third-order valence-corrected chi connectivity index (χ3v) is 4.17. The summed E-state index contributed by atoms with van der Waals surface area (Å²) in [6.45, 7) is 6.50. The number of nitriles is 1. The molecule has 0 aromatic heterocycles. The van der Waals surface area contributed by atoms with Crippen LogP contribution in [0.25, 0.3) is 0 Å². The van der Waals surface area contributed by atoms with E-state index in [0.29, 0.717) is 13.2 Å². The second-order valence-corrected chi connectivity index (χ2v) is 6.12. The standard InChI is InChI=1S/C19H26N4O2/c1-16-5-3-6-18(13-16)23-10-8-22(9-11-23)15-17(14-20)19(24)21-7-4-12-25-2/h3,5-6,13,15H,4,7-12H2,1-2H3,(H,21,24)/b17-15-. The Kier molecular flexibility index (Phi) is 7.30. The van der Waals surface area contributed by atoms with E-state index in [1.807, 2.05) is 11.0 Å². The molecule has 6 heteroatoms. The number of hydrogen-bond acceptors (Lipinski definition) is 5. The van der Waals surface area contributed by atoms with Gasteiger partial charge in [0.2, 0.25) is 0 Å². The summed E-state index contributed by atoms with van der Waals surface area (Å²) in [7, 11) is 1.62. The molecular formula is C19H26N4O2. The topological polar surface area (TPSA) is 68.6 Å². The van der Waals surface area contributed by atoms with Gasteiger partial charge in [-0.05, 0) is 31.0 Å². The summed E-state index contributed by atoms with van der Waals surface area (Å²) >= 11 is 0. The lowest BCUT2D eigenvalue weighted by molar-refractivity contribution is -0.117. The van der Waals surface area contributed by atoms with Gasteiger partial charge in [-0.25, -0.2) is 0 Å². The third kappa shape index (κ3) is 5.80. The normalized spacial score (nSPS) is 15.0. The van der Waals surface area contributed by atoms with E-state index in [0.717, 1.165) is 32.6 Å². The zero-order valence-electron chi connectivity index (χ0n) is 15.0. The minimum atomic E-state index is -0.320. The van der Waals surface area contributed by atoms with E-state index in [4.69, 9.17) is 4.74 Å². The highest BCUT2D eigenvalue weighted by atomic mass is 16.5. The van der Waals surface area contributed by atoms with Gasteiger partial charge in [-0.3, -0.25) is 4.79 Å². The summed E-state index contributed by atoms with van der Waals surface area (Å²) in [4.78, 5) is 16.4. The van der Waals surface area contributed by atoms with E-state index in [-0.39, 0.29) is 11.5 Å². The Morgan fingerprint density at radius 3 is 2.76 bits per heavy atom. The molecule has 6 nitrogen and oxygen atoms in total. The van der Waals surface area contributed by atoms with Crippen LogP contribution in [0.3, 0.4) is 0 Å². The summed E-state index contributed by atoms with van der Waals surface area (Å²) < 4.78 is 4.94. The molecule has 1 aromatic rings. The second kappa shape index (κ2) is 9.70. The third-order valence-electron chi connectivity index (χ3n) is 4.17. The number of anilines is 1. The van der Waals surface area contributed by atoms with Crippen molar-refractivity contribution < 1.29 is 9.53 Å². The molecule has 1 N–H and O–H groups in total. The van der Waals surface area contributed by atoms with E-state index in [1.54, 1.807) is 13.3 Å². The number of piperazine rings is 1. The Hall–Kier alpha value is -2.52. The second-order valence-electron chi connectivity index (χ2n) is 6.12. The van der Waals surface area contributed by atoms with Gasteiger partial charge in [-0.1, -0.05) is 12.1 Å². The smallest absolute Gasteiger partial charge is 0.263 e. The van der Waals surface area contributed by atoms with Crippen molar-refractivity contribution in [1.82, 2.24) is 10.2 Å². The molecule has 134 valence electrons. The number of benzene rings is 1. The number of carbonyl (C=O) groups is 1. The molecule has 0 spiro atoms. The average Bonchev–Trinajstić information content (AvgIpc) is 2.63. The molecule has 0 unspecified atom stereocenters. The minimum Gasteiger partial charge on any atom is -0.385 e. The number of nitrogens with zero attached hydrogens (tertiary/aromatic N) is 3. The molecule has 25 heavy (non-hydrogen) atoms. The fourth-order valence-corrected chi connectivity index (χ4v) is 2.77. The van der Waals surface area contributed by atoms with Gasteiger partial charge in [0.15, 0.2) is 0 Å². The molecule has 1 heterocycles. The summed E-state index contributed by atoms with van der Waals surface area (Å²) in [5.41, 5.74) is 2.62. The van der Waals surface area contributed by atoms with Crippen LogP contribution in [0.15, 0.2) is 36.0 Å². The average molecular weight is 342 g/mol. The van der Waals surface area contributed by atoms with Crippen LogP contribution in [0.4, 0.5) is 5.69 Å². The summed E-state index contributed by atoms with van der Waals surface area (Å²) in [6, 6.07) is 10.5. The quantitative estimate of drug-likeness (QED) is 0.464. The van der Waals surface area contributed by atoms with Gasteiger partial charge in [0.1, 0.15) is 11.6 Å². The molecule has 0 bridgehead atoms. The van der Waals surface area contributed by atoms with Crippen LogP contribution in [0, 0.1) is 18.3 Å². The molecule has 1 aliphatic rings. The number of aryl methyl sites for hydroxylation is 1. The molecule has 0 aliphatic carbocycles. The summed E-state index contributed by atoms with van der Waals surface area (Å²) in [5.74, 6) is -0.320. The molecule has 1 aromatic carbocycles. The first-order chi connectivity index (χ1) is 12.1. The molecule has 1 saturated heterocycles.